The van der Waals surface area contributed by atoms with Gasteiger partial charge in [-0.1, -0.05) is 37.6 Å². The summed E-state index contributed by atoms with van der Waals surface area (Å²) in [5.41, 5.74) is 1.21. The van der Waals surface area contributed by atoms with E-state index < -0.39 is 10.0 Å². The van der Waals surface area contributed by atoms with E-state index in [0.29, 0.717) is 13.1 Å². The highest BCUT2D eigenvalue weighted by molar-refractivity contribution is 7.88. The number of sulfonamides is 1. The first-order valence-electron chi connectivity index (χ1n) is 7.32. The molecule has 0 saturated heterocycles. The van der Waals surface area contributed by atoms with Crippen molar-refractivity contribution in [2.75, 3.05) is 25.9 Å². The Kier molecular flexibility index (Phi) is 7.66. The highest BCUT2D eigenvalue weighted by Crippen LogP contribution is 2.19. The van der Waals surface area contributed by atoms with Crippen LogP contribution in [0, 0.1) is 0 Å². The normalized spacial score (nSPS) is 13.6. The van der Waals surface area contributed by atoms with Crippen molar-refractivity contribution in [2.24, 2.45) is 0 Å². The van der Waals surface area contributed by atoms with Gasteiger partial charge in [-0.05, 0) is 37.1 Å². The molecule has 0 aliphatic rings. The molecule has 1 atom stereocenters. The topological polar surface area (TPSA) is 49.4 Å². The molecule has 0 saturated carbocycles. The molecule has 0 fully saturated rings. The zero-order valence-electron chi connectivity index (χ0n) is 13.0. The second-order valence-corrected chi connectivity index (χ2v) is 7.49. The molecule has 1 aromatic rings. The van der Waals surface area contributed by atoms with Crippen LogP contribution in [0.4, 0.5) is 0 Å². The molecular formula is C15H25ClN2O2S. The van der Waals surface area contributed by atoms with Gasteiger partial charge >= 0.3 is 0 Å². The Hall–Kier alpha value is -0.620. The molecular weight excluding hydrogens is 308 g/mol. The van der Waals surface area contributed by atoms with Crippen LogP contribution >= 0.6 is 11.6 Å². The maximum atomic E-state index is 11.5. The molecule has 0 aromatic heterocycles. The van der Waals surface area contributed by atoms with Crippen molar-refractivity contribution in [2.45, 2.75) is 32.7 Å². The summed E-state index contributed by atoms with van der Waals surface area (Å²) in [5.74, 6) is 0. The Morgan fingerprint density at radius 1 is 1.24 bits per heavy atom. The Morgan fingerprint density at radius 2 is 1.86 bits per heavy atom. The summed E-state index contributed by atoms with van der Waals surface area (Å²) in [4.78, 5) is 0. The third-order valence-electron chi connectivity index (χ3n) is 3.48. The van der Waals surface area contributed by atoms with E-state index in [0.717, 1.165) is 24.4 Å². The van der Waals surface area contributed by atoms with Gasteiger partial charge in [-0.3, -0.25) is 0 Å². The molecule has 0 spiro atoms. The quantitative estimate of drug-likeness (QED) is 0.707. The van der Waals surface area contributed by atoms with E-state index >= 15 is 0 Å². The molecule has 1 aromatic carbocycles. The zero-order valence-corrected chi connectivity index (χ0v) is 14.5. The van der Waals surface area contributed by atoms with Crippen LogP contribution in [-0.4, -0.2) is 38.6 Å². The molecule has 0 heterocycles. The third kappa shape index (κ3) is 6.34. The first-order valence-corrected chi connectivity index (χ1v) is 9.55. The molecule has 1 unspecified atom stereocenters. The summed E-state index contributed by atoms with van der Waals surface area (Å²) in [6.45, 7) is 5.85. The van der Waals surface area contributed by atoms with Crippen molar-refractivity contribution in [1.29, 1.82) is 0 Å². The van der Waals surface area contributed by atoms with Crippen molar-refractivity contribution in [3.8, 4) is 0 Å². The average Bonchev–Trinajstić information content (AvgIpc) is 2.43. The Bertz CT molecular complexity index is 517. The number of hydrogen-bond donors (Lipinski definition) is 1. The predicted molar refractivity (Wildman–Crippen MR) is 89.2 cm³/mol. The minimum absolute atomic E-state index is 0.274. The lowest BCUT2D eigenvalue weighted by Crippen LogP contribution is -2.33. The van der Waals surface area contributed by atoms with Crippen LogP contribution in [0.5, 0.6) is 0 Å². The van der Waals surface area contributed by atoms with Crippen LogP contribution in [-0.2, 0) is 10.0 Å². The first-order chi connectivity index (χ1) is 9.88. The van der Waals surface area contributed by atoms with Crippen molar-refractivity contribution in [3.63, 3.8) is 0 Å². The van der Waals surface area contributed by atoms with Crippen LogP contribution in [0.3, 0.4) is 0 Å². The fourth-order valence-corrected chi connectivity index (χ4v) is 3.34. The van der Waals surface area contributed by atoms with Crippen LogP contribution in [0.15, 0.2) is 24.3 Å². The molecule has 0 bridgehead atoms. The van der Waals surface area contributed by atoms with Gasteiger partial charge in [-0.15, -0.1) is 0 Å². The molecule has 1 rings (SSSR count). The van der Waals surface area contributed by atoms with Crippen LogP contribution in [0.25, 0.3) is 0 Å². The van der Waals surface area contributed by atoms with E-state index in [9.17, 15) is 8.42 Å². The van der Waals surface area contributed by atoms with Gasteiger partial charge in [-0.2, -0.15) is 0 Å². The molecule has 21 heavy (non-hydrogen) atoms. The van der Waals surface area contributed by atoms with Crippen molar-refractivity contribution in [1.82, 2.24) is 9.62 Å². The van der Waals surface area contributed by atoms with E-state index in [1.807, 2.05) is 31.2 Å². The van der Waals surface area contributed by atoms with Gasteiger partial charge in [0.2, 0.25) is 10.0 Å². The molecule has 0 radical (unpaired) electrons. The van der Waals surface area contributed by atoms with Crippen LogP contribution in [0.1, 0.15) is 38.3 Å². The number of benzene rings is 1. The van der Waals surface area contributed by atoms with Crippen molar-refractivity contribution < 1.29 is 8.42 Å². The highest BCUT2D eigenvalue weighted by Gasteiger charge is 2.14. The Balaban J connectivity index is 2.44. The minimum Gasteiger partial charge on any atom is -0.310 e. The lowest BCUT2D eigenvalue weighted by Gasteiger charge is -2.20. The molecule has 0 amide bonds. The highest BCUT2D eigenvalue weighted by atomic mass is 35.5. The second kappa shape index (κ2) is 8.73. The number of nitrogens with one attached hydrogen (secondary N) is 1. The zero-order chi connectivity index (χ0) is 15.9. The fourth-order valence-electron chi connectivity index (χ4n) is 2.28. The molecule has 6 heteroatoms. The van der Waals surface area contributed by atoms with Crippen molar-refractivity contribution >= 4 is 21.6 Å². The Labute approximate surface area is 133 Å². The van der Waals surface area contributed by atoms with Crippen LogP contribution < -0.4 is 5.32 Å². The number of halogens is 1. The van der Waals surface area contributed by atoms with Gasteiger partial charge < -0.3 is 5.32 Å². The summed E-state index contributed by atoms with van der Waals surface area (Å²) in [7, 11) is -3.09. The van der Waals surface area contributed by atoms with E-state index in [4.69, 9.17) is 11.6 Å². The lowest BCUT2D eigenvalue weighted by atomic mass is 10.0. The van der Waals surface area contributed by atoms with Gasteiger partial charge in [0.05, 0.1) is 6.26 Å². The first kappa shape index (κ1) is 18.4. The van der Waals surface area contributed by atoms with Crippen molar-refractivity contribution in [3.05, 3.63) is 34.9 Å². The standard InChI is InChI=1S/C15H25ClN2O2S/c1-4-15(13-7-9-14(16)10-8-13)17-11-6-12-18(5-2)21(3,19)20/h7-10,15,17H,4-6,11-12H2,1-3H3. The summed E-state index contributed by atoms with van der Waals surface area (Å²) in [6, 6.07) is 8.11. The molecule has 0 aliphatic heterocycles. The summed E-state index contributed by atoms with van der Waals surface area (Å²) < 4.78 is 24.5. The second-order valence-electron chi connectivity index (χ2n) is 5.07. The van der Waals surface area contributed by atoms with Gasteiger partial charge in [0.25, 0.3) is 0 Å². The van der Waals surface area contributed by atoms with E-state index in [-0.39, 0.29) is 6.04 Å². The number of rotatable bonds is 9. The average molecular weight is 333 g/mol. The summed E-state index contributed by atoms with van der Waals surface area (Å²) in [5, 5.41) is 4.21. The van der Waals surface area contributed by atoms with E-state index in [2.05, 4.69) is 12.2 Å². The number of hydrogen-bond acceptors (Lipinski definition) is 3. The SMILES string of the molecule is CCC(NCCCN(CC)S(C)(=O)=O)c1ccc(Cl)cc1. The maximum absolute atomic E-state index is 11.5. The van der Waals surface area contributed by atoms with Gasteiger partial charge in [0.15, 0.2) is 0 Å². The van der Waals surface area contributed by atoms with E-state index in [1.54, 1.807) is 0 Å². The van der Waals surface area contributed by atoms with Gasteiger partial charge in [-0.25, -0.2) is 12.7 Å². The van der Waals surface area contributed by atoms with Gasteiger partial charge in [0, 0.05) is 24.2 Å². The summed E-state index contributed by atoms with van der Waals surface area (Å²) >= 11 is 5.90. The van der Waals surface area contributed by atoms with E-state index in [1.165, 1.54) is 16.1 Å². The van der Waals surface area contributed by atoms with Gasteiger partial charge in [0.1, 0.15) is 0 Å². The van der Waals surface area contributed by atoms with Crippen LogP contribution in [0.2, 0.25) is 5.02 Å². The third-order valence-corrected chi connectivity index (χ3v) is 5.11. The molecule has 4 nitrogen and oxygen atoms in total. The summed E-state index contributed by atoms with van der Waals surface area (Å²) in [6.07, 6.45) is 3.03. The largest absolute Gasteiger partial charge is 0.310 e. The molecule has 120 valence electrons. The monoisotopic (exact) mass is 332 g/mol. The fraction of sp³-hybridized carbons (Fsp3) is 0.600. The minimum atomic E-state index is -3.09. The molecule has 1 N–H and O–H groups in total. The lowest BCUT2D eigenvalue weighted by molar-refractivity contribution is 0.409. The number of nitrogens with zero attached hydrogens (tertiary/aromatic N) is 1. The Morgan fingerprint density at radius 3 is 2.33 bits per heavy atom. The molecule has 0 aliphatic carbocycles. The smallest absolute Gasteiger partial charge is 0.211 e. The maximum Gasteiger partial charge on any atom is 0.211 e. The predicted octanol–water partition coefficient (Wildman–Crippen LogP) is 3.05.